The summed E-state index contributed by atoms with van der Waals surface area (Å²) in [4.78, 5) is 18.9. The number of benzene rings is 4. The first kappa shape index (κ1) is 26.7. The van der Waals surface area contributed by atoms with Crippen molar-refractivity contribution in [2.24, 2.45) is 5.10 Å². The zero-order valence-electron chi connectivity index (χ0n) is 22.6. The van der Waals surface area contributed by atoms with Crippen LogP contribution < -0.4 is 15.8 Å². The highest BCUT2D eigenvalue weighted by molar-refractivity contribution is 7.80. The SMILES string of the molecule is CN(C)c1ccc([C@@H]2CC(c3c(-c4ccccc4)c4cc(Cl)ccc4[nH]c3=O)=NN2C(=S)Nc2ccccc2)cc1. The fourth-order valence-corrected chi connectivity index (χ4v) is 5.71. The number of fused-ring (bicyclic) bond motifs is 1. The van der Waals surface area contributed by atoms with Crippen molar-refractivity contribution in [3.63, 3.8) is 0 Å². The summed E-state index contributed by atoms with van der Waals surface area (Å²) in [6.45, 7) is 0. The predicted molar refractivity (Wildman–Crippen MR) is 174 cm³/mol. The number of rotatable bonds is 5. The summed E-state index contributed by atoms with van der Waals surface area (Å²) in [6.07, 6.45) is 0.493. The fraction of sp³-hybridized carbons (Fsp3) is 0.121. The van der Waals surface area contributed by atoms with Gasteiger partial charge in [0.2, 0.25) is 0 Å². The van der Waals surface area contributed by atoms with Crippen molar-refractivity contribution < 1.29 is 0 Å². The van der Waals surface area contributed by atoms with E-state index >= 15 is 0 Å². The fourth-order valence-electron chi connectivity index (χ4n) is 5.25. The number of nitrogens with one attached hydrogen (secondary N) is 2. The minimum atomic E-state index is -0.206. The topological polar surface area (TPSA) is 63.7 Å². The van der Waals surface area contributed by atoms with Gasteiger partial charge < -0.3 is 15.2 Å². The molecule has 1 aliphatic rings. The van der Waals surface area contributed by atoms with E-state index in [1.807, 2.05) is 91.9 Å². The first-order valence-corrected chi connectivity index (χ1v) is 14.1. The van der Waals surface area contributed by atoms with E-state index in [4.69, 9.17) is 28.9 Å². The van der Waals surface area contributed by atoms with E-state index in [0.717, 1.165) is 39.0 Å². The second kappa shape index (κ2) is 11.2. The largest absolute Gasteiger partial charge is 0.378 e. The Morgan fingerprint density at radius 1 is 0.951 bits per heavy atom. The third kappa shape index (κ3) is 5.34. The molecule has 6 nitrogen and oxygen atoms in total. The third-order valence-electron chi connectivity index (χ3n) is 7.27. The average Bonchev–Trinajstić information content (AvgIpc) is 3.43. The number of hydrogen-bond acceptors (Lipinski definition) is 4. The highest BCUT2D eigenvalue weighted by Gasteiger charge is 2.34. The van der Waals surface area contributed by atoms with E-state index in [-0.39, 0.29) is 11.6 Å². The molecule has 0 fully saturated rings. The van der Waals surface area contributed by atoms with Crippen molar-refractivity contribution in [3.05, 3.63) is 130 Å². The third-order valence-corrected chi connectivity index (χ3v) is 7.79. The molecule has 5 aromatic rings. The predicted octanol–water partition coefficient (Wildman–Crippen LogP) is 7.46. The van der Waals surface area contributed by atoms with Crippen LogP contribution in [0.4, 0.5) is 11.4 Å². The van der Waals surface area contributed by atoms with E-state index in [1.54, 1.807) is 6.07 Å². The van der Waals surface area contributed by atoms with Crippen LogP contribution in [0.3, 0.4) is 0 Å². The standard InChI is InChI=1S/C33H28ClN5OS/c1-38(2)25-16-13-21(14-17-25)29-20-28(37-39(29)33(41)35-24-11-7-4-8-12-24)31-30(22-9-5-3-6-10-22)26-19-23(34)15-18-27(26)36-32(31)40/h3-19,29H,20H2,1-2H3,(H,35,41)(H,36,40)/t29-/m0/s1. The van der Waals surface area contributed by atoms with Crippen molar-refractivity contribution in [2.45, 2.75) is 12.5 Å². The molecule has 0 unspecified atom stereocenters. The Hall–Kier alpha value is -4.46. The van der Waals surface area contributed by atoms with Crippen molar-refractivity contribution in [2.75, 3.05) is 24.3 Å². The number of pyridine rings is 1. The molecule has 1 aliphatic heterocycles. The molecule has 0 saturated carbocycles. The summed E-state index contributed by atoms with van der Waals surface area (Å²) < 4.78 is 0. The number of thiocarbonyl (C=S) groups is 1. The number of hydrazone groups is 1. The van der Waals surface area contributed by atoms with Crippen LogP contribution in [-0.4, -0.2) is 34.9 Å². The van der Waals surface area contributed by atoms with Crippen LogP contribution in [0.25, 0.3) is 22.0 Å². The van der Waals surface area contributed by atoms with Gasteiger partial charge in [0.05, 0.1) is 17.3 Å². The first-order chi connectivity index (χ1) is 19.9. The molecule has 0 saturated heterocycles. The van der Waals surface area contributed by atoms with Crippen molar-refractivity contribution in [1.82, 2.24) is 9.99 Å². The molecular formula is C33H28ClN5OS. The Labute approximate surface area is 248 Å². The number of para-hydroxylation sites is 1. The maximum atomic E-state index is 13.8. The maximum Gasteiger partial charge on any atom is 0.258 e. The molecule has 8 heteroatoms. The lowest BCUT2D eigenvalue weighted by Crippen LogP contribution is -2.31. The van der Waals surface area contributed by atoms with Crippen molar-refractivity contribution in [1.29, 1.82) is 0 Å². The molecule has 0 spiro atoms. The summed E-state index contributed by atoms with van der Waals surface area (Å²) >= 11 is 12.3. The number of nitrogens with zero attached hydrogens (tertiary/aromatic N) is 3. The second-order valence-electron chi connectivity index (χ2n) is 10.2. The first-order valence-electron chi connectivity index (χ1n) is 13.3. The Balaban J connectivity index is 1.51. The van der Waals surface area contributed by atoms with E-state index in [0.29, 0.717) is 27.8 Å². The number of halogens is 1. The molecule has 0 amide bonds. The smallest absolute Gasteiger partial charge is 0.258 e. The minimum absolute atomic E-state index is 0.206. The zero-order valence-corrected chi connectivity index (χ0v) is 24.2. The molecule has 6 rings (SSSR count). The normalized spacial score (nSPS) is 14.7. The van der Waals surface area contributed by atoms with Gasteiger partial charge in [-0.05, 0) is 65.8 Å². The lowest BCUT2D eigenvalue weighted by Gasteiger charge is -2.25. The van der Waals surface area contributed by atoms with Gasteiger partial charge in [0.15, 0.2) is 5.11 Å². The zero-order chi connectivity index (χ0) is 28.5. The lowest BCUT2D eigenvalue weighted by molar-refractivity contribution is 0.375. The maximum absolute atomic E-state index is 13.8. The van der Waals surface area contributed by atoms with Crippen LogP contribution in [0.5, 0.6) is 0 Å². The molecule has 204 valence electrons. The Morgan fingerprint density at radius 3 is 2.32 bits per heavy atom. The monoisotopic (exact) mass is 577 g/mol. The lowest BCUT2D eigenvalue weighted by atomic mass is 9.91. The van der Waals surface area contributed by atoms with Gasteiger partial charge in [-0.2, -0.15) is 5.10 Å². The van der Waals surface area contributed by atoms with Crippen LogP contribution >= 0.6 is 23.8 Å². The Morgan fingerprint density at radius 2 is 1.63 bits per heavy atom. The van der Waals surface area contributed by atoms with Crippen LogP contribution in [0.15, 0.2) is 113 Å². The van der Waals surface area contributed by atoms with E-state index in [9.17, 15) is 4.79 Å². The van der Waals surface area contributed by atoms with Gasteiger partial charge in [-0.25, -0.2) is 5.01 Å². The summed E-state index contributed by atoms with van der Waals surface area (Å²) in [5.41, 5.74) is 6.42. The number of hydrogen-bond donors (Lipinski definition) is 2. The summed E-state index contributed by atoms with van der Waals surface area (Å²) in [7, 11) is 4.03. The molecule has 41 heavy (non-hydrogen) atoms. The van der Waals surface area contributed by atoms with Gasteiger partial charge in [-0.15, -0.1) is 0 Å². The van der Waals surface area contributed by atoms with Gasteiger partial charge in [0.1, 0.15) is 0 Å². The molecule has 0 radical (unpaired) electrons. The molecule has 0 aliphatic carbocycles. The van der Waals surface area contributed by atoms with Crippen molar-refractivity contribution >= 4 is 56.9 Å². The Bertz CT molecular complexity index is 1820. The number of aromatic nitrogens is 1. The number of aromatic amines is 1. The highest BCUT2D eigenvalue weighted by atomic mass is 35.5. The minimum Gasteiger partial charge on any atom is -0.378 e. The van der Waals surface area contributed by atoms with Crippen LogP contribution in [0, 0.1) is 0 Å². The van der Waals surface area contributed by atoms with Gasteiger partial charge in [0.25, 0.3) is 5.56 Å². The summed E-state index contributed by atoms with van der Waals surface area (Å²) in [5.74, 6) is 0. The van der Waals surface area contributed by atoms with Gasteiger partial charge in [0, 0.05) is 53.4 Å². The van der Waals surface area contributed by atoms with Crippen LogP contribution in [0.2, 0.25) is 5.02 Å². The Kier molecular flexibility index (Phi) is 7.30. The average molecular weight is 578 g/mol. The van der Waals surface area contributed by atoms with E-state index < -0.39 is 0 Å². The highest BCUT2D eigenvalue weighted by Crippen LogP contribution is 2.38. The summed E-state index contributed by atoms with van der Waals surface area (Å²) in [5, 5.41) is 12.1. The molecule has 1 atom stereocenters. The van der Waals surface area contributed by atoms with E-state index in [2.05, 4.69) is 39.5 Å². The number of H-pyrrole nitrogens is 1. The molecule has 2 N–H and O–H groups in total. The molecule has 2 heterocycles. The second-order valence-corrected chi connectivity index (χ2v) is 11.0. The van der Waals surface area contributed by atoms with Gasteiger partial charge in [-0.3, -0.25) is 4.79 Å². The molecule has 1 aromatic heterocycles. The van der Waals surface area contributed by atoms with Crippen LogP contribution in [-0.2, 0) is 0 Å². The molecular weight excluding hydrogens is 550 g/mol. The molecule has 0 bridgehead atoms. The molecule has 4 aromatic carbocycles. The van der Waals surface area contributed by atoms with Crippen LogP contribution in [0.1, 0.15) is 23.6 Å². The summed E-state index contributed by atoms with van der Waals surface area (Å²) in [6, 6.07) is 33.3. The van der Waals surface area contributed by atoms with E-state index in [1.165, 1.54) is 0 Å². The van der Waals surface area contributed by atoms with Gasteiger partial charge in [-0.1, -0.05) is 72.3 Å². The van der Waals surface area contributed by atoms with Gasteiger partial charge >= 0.3 is 0 Å². The number of anilines is 2. The quantitative estimate of drug-likeness (QED) is 0.212. The van der Waals surface area contributed by atoms with Crippen molar-refractivity contribution in [3.8, 4) is 11.1 Å².